The van der Waals surface area contributed by atoms with E-state index in [0.717, 1.165) is 18.4 Å². The number of rotatable bonds is 7. The summed E-state index contributed by atoms with van der Waals surface area (Å²) in [7, 11) is 0. The molecule has 1 aliphatic rings. The summed E-state index contributed by atoms with van der Waals surface area (Å²) >= 11 is 12.3. The normalized spacial score (nSPS) is 13.7. The molecular formula is C15H18Cl2N2O3. The van der Waals surface area contributed by atoms with Crippen molar-refractivity contribution in [1.82, 2.24) is 10.2 Å². The zero-order chi connectivity index (χ0) is 16.1. The molecule has 1 saturated carbocycles. The Bertz CT molecular complexity index is 541. The van der Waals surface area contributed by atoms with E-state index in [9.17, 15) is 9.59 Å². The van der Waals surface area contributed by atoms with Crippen LogP contribution in [0.25, 0.3) is 0 Å². The van der Waals surface area contributed by atoms with Gasteiger partial charge < -0.3 is 15.3 Å². The summed E-state index contributed by atoms with van der Waals surface area (Å²) in [5, 5.41) is 12.4. The minimum Gasteiger partial charge on any atom is -0.481 e. The lowest BCUT2D eigenvalue weighted by Crippen LogP contribution is -2.41. The molecule has 1 aliphatic carbocycles. The molecule has 2 amide bonds. The molecular weight excluding hydrogens is 327 g/mol. The molecule has 120 valence electrons. The Morgan fingerprint density at radius 2 is 1.91 bits per heavy atom. The molecule has 1 aromatic carbocycles. The van der Waals surface area contributed by atoms with Gasteiger partial charge in [0.15, 0.2) is 0 Å². The average Bonchev–Trinajstić information content (AvgIpc) is 3.27. The highest BCUT2D eigenvalue weighted by Gasteiger charge is 2.33. The van der Waals surface area contributed by atoms with E-state index in [1.807, 2.05) is 0 Å². The van der Waals surface area contributed by atoms with Gasteiger partial charge in [-0.3, -0.25) is 4.79 Å². The summed E-state index contributed by atoms with van der Waals surface area (Å²) in [5.41, 5.74) is 0.735. The first kappa shape index (κ1) is 16.9. The lowest BCUT2D eigenvalue weighted by Gasteiger charge is -2.24. The number of nitrogens with one attached hydrogen (secondary N) is 1. The van der Waals surface area contributed by atoms with Gasteiger partial charge in [0.1, 0.15) is 0 Å². The first-order valence-corrected chi connectivity index (χ1v) is 7.93. The second kappa shape index (κ2) is 7.70. The SMILES string of the molecule is O=C(O)CCCNC(=O)N(Cc1c(Cl)cccc1Cl)C1CC1. The Balaban J connectivity index is 1.95. The molecule has 1 aromatic rings. The highest BCUT2D eigenvalue weighted by Crippen LogP contribution is 2.32. The van der Waals surface area contributed by atoms with Gasteiger partial charge in [-0.05, 0) is 31.4 Å². The van der Waals surface area contributed by atoms with E-state index in [1.165, 1.54) is 0 Å². The molecule has 0 unspecified atom stereocenters. The summed E-state index contributed by atoms with van der Waals surface area (Å²) in [5.74, 6) is -0.865. The van der Waals surface area contributed by atoms with Crippen molar-refractivity contribution in [2.45, 2.75) is 38.3 Å². The monoisotopic (exact) mass is 344 g/mol. The van der Waals surface area contributed by atoms with Crippen LogP contribution in [0, 0.1) is 0 Å². The van der Waals surface area contributed by atoms with E-state index in [0.29, 0.717) is 29.6 Å². The molecule has 0 saturated heterocycles. The number of aliphatic carboxylic acids is 1. The number of hydrogen-bond donors (Lipinski definition) is 2. The van der Waals surface area contributed by atoms with Gasteiger partial charge in [0.25, 0.3) is 0 Å². The molecule has 0 aliphatic heterocycles. The summed E-state index contributed by atoms with van der Waals surface area (Å²) in [6.07, 6.45) is 2.38. The molecule has 0 atom stereocenters. The van der Waals surface area contributed by atoms with E-state index in [2.05, 4.69) is 5.32 Å². The summed E-state index contributed by atoms with van der Waals surface area (Å²) in [6, 6.07) is 5.26. The topological polar surface area (TPSA) is 69.6 Å². The molecule has 0 spiro atoms. The molecule has 0 bridgehead atoms. The van der Waals surface area contributed by atoms with Gasteiger partial charge in [-0.1, -0.05) is 29.3 Å². The summed E-state index contributed by atoms with van der Waals surface area (Å²) in [4.78, 5) is 24.5. The van der Waals surface area contributed by atoms with Crippen molar-refractivity contribution in [2.75, 3.05) is 6.54 Å². The van der Waals surface area contributed by atoms with Gasteiger partial charge in [-0.2, -0.15) is 0 Å². The number of nitrogens with zero attached hydrogens (tertiary/aromatic N) is 1. The van der Waals surface area contributed by atoms with E-state index in [1.54, 1.807) is 23.1 Å². The van der Waals surface area contributed by atoms with E-state index < -0.39 is 5.97 Å². The fraction of sp³-hybridized carbons (Fsp3) is 0.467. The first-order valence-electron chi connectivity index (χ1n) is 7.18. The van der Waals surface area contributed by atoms with Gasteiger partial charge in [-0.15, -0.1) is 0 Å². The van der Waals surface area contributed by atoms with Crippen molar-refractivity contribution in [2.24, 2.45) is 0 Å². The van der Waals surface area contributed by atoms with Crippen LogP contribution in [0.4, 0.5) is 4.79 Å². The maximum Gasteiger partial charge on any atom is 0.317 e. The highest BCUT2D eigenvalue weighted by molar-refractivity contribution is 6.36. The molecule has 2 rings (SSSR count). The average molecular weight is 345 g/mol. The molecule has 1 fully saturated rings. The third-order valence-corrected chi connectivity index (χ3v) is 4.19. The standard InChI is InChI=1S/C15H18Cl2N2O3/c16-12-3-1-4-13(17)11(12)9-19(10-6-7-10)15(22)18-8-2-5-14(20)21/h1,3-4,10H,2,5-9H2,(H,18,22)(H,20,21). The van der Waals surface area contributed by atoms with Crippen LogP contribution in [0.1, 0.15) is 31.2 Å². The Kier molecular flexibility index (Phi) is 5.91. The number of carbonyl (C=O) groups excluding carboxylic acids is 1. The predicted molar refractivity (Wildman–Crippen MR) is 85.3 cm³/mol. The Hall–Kier alpha value is -1.46. The zero-order valence-electron chi connectivity index (χ0n) is 12.0. The molecule has 0 aromatic heterocycles. The van der Waals surface area contributed by atoms with Gasteiger partial charge in [0, 0.05) is 34.6 Å². The number of carboxylic acids is 1. The Labute approximate surface area is 139 Å². The summed E-state index contributed by atoms with van der Waals surface area (Å²) < 4.78 is 0. The van der Waals surface area contributed by atoms with Crippen molar-refractivity contribution >= 4 is 35.2 Å². The fourth-order valence-electron chi connectivity index (χ4n) is 2.14. The van der Waals surface area contributed by atoms with E-state index in [4.69, 9.17) is 28.3 Å². The number of hydrogen-bond acceptors (Lipinski definition) is 2. The first-order chi connectivity index (χ1) is 10.5. The Morgan fingerprint density at radius 3 is 2.45 bits per heavy atom. The number of halogens is 2. The van der Waals surface area contributed by atoms with Crippen molar-refractivity contribution in [3.05, 3.63) is 33.8 Å². The second-order valence-electron chi connectivity index (χ2n) is 5.29. The minimum atomic E-state index is -0.865. The number of carbonyl (C=O) groups is 2. The van der Waals surface area contributed by atoms with Crippen LogP contribution in [-0.2, 0) is 11.3 Å². The molecule has 0 heterocycles. The second-order valence-corrected chi connectivity index (χ2v) is 6.10. The Morgan fingerprint density at radius 1 is 1.27 bits per heavy atom. The molecule has 22 heavy (non-hydrogen) atoms. The summed E-state index contributed by atoms with van der Waals surface area (Å²) in [6.45, 7) is 0.693. The van der Waals surface area contributed by atoms with E-state index in [-0.39, 0.29) is 18.5 Å². The lowest BCUT2D eigenvalue weighted by atomic mass is 10.2. The number of amides is 2. The maximum absolute atomic E-state index is 12.3. The highest BCUT2D eigenvalue weighted by atomic mass is 35.5. The van der Waals surface area contributed by atoms with Crippen molar-refractivity contribution in [1.29, 1.82) is 0 Å². The molecule has 5 nitrogen and oxygen atoms in total. The smallest absolute Gasteiger partial charge is 0.317 e. The van der Waals surface area contributed by atoms with Crippen molar-refractivity contribution in [3.63, 3.8) is 0 Å². The third-order valence-electron chi connectivity index (χ3n) is 3.48. The number of benzene rings is 1. The zero-order valence-corrected chi connectivity index (χ0v) is 13.5. The van der Waals surface area contributed by atoms with Gasteiger partial charge in [-0.25, -0.2) is 4.79 Å². The fourth-order valence-corrected chi connectivity index (χ4v) is 2.66. The number of carboxylic acid groups (broad SMARTS) is 1. The van der Waals surface area contributed by atoms with Crippen LogP contribution < -0.4 is 5.32 Å². The predicted octanol–water partition coefficient (Wildman–Crippen LogP) is 3.53. The van der Waals surface area contributed by atoms with Crippen LogP contribution in [0.5, 0.6) is 0 Å². The lowest BCUT2D eigenvalue weighted by molar-refractivity contribution is -0.137. The quantitative estimate of drug-likeness (QED) is 0.743. The molecule has 7 heteroatoms. The van der Waals surface area contributed by atoms with Crippen molar-refractivity contribution in [3.8, 4) is 0 Å². The van der Waals surface area contributed by atoms with Crippen LogP contribution in [0.3, 0.4) is 0 Å². The van der Waals surface area contributed by atoms with Crippen LogP contribution in [-0.4, -0.2) is 34.6 Å². The van der Waals surface area contributed by atoms with Crippen LogP contribution >= 0.6 is 23.2 Å². The third kappa shape index (κ3) is 4.78. The van der Waals surface area contributed by atoms with Gasteiger partial charge in [0.2, 0.25) is 0 Å². The van der Waals surface area contributed by atoms with Crippen molar-refractivity contribution < 1.29 is 14.7 Å². The largest absolute Gasteiger partial charge is 0.481 e. The molecule has 0 radical (unpaired) electrons. The van der Waals surface area contributed by atoms with Gasteiger partial charge in [0.05, 0.1) is 6.54 Å². The van der Waals surface area contributed by atoms with Gasteiger partial charge >= 0.3 is 12.0 Å². The minimum absolute atomic E-state index is 0.0417. The number of urea groups is 1. The van der Waals surface area contributed by atoms with Crippen LogP contribution in [0.15, 0.2) is 18.2 Å². The van der Waals surface area contributed by atoms with E-state index >= 15 is 0 Å². The molecule has 2 N–H and O–H groups in total. The van der Waals surface area contributed by atoms with Crippen LogP contribution in [0.2, 0.25) is 10.0 Å². The maximum atomic E-state index is 12.3.